The Balaban J connectivity index is 1.45. The zero-order valence-corrected chi connectivity index (χ0v) is 20.9. The fraction of sp³-hybridized carbons (Fsp3) is 0.500. The quantitative estimate of drug-likeness (QED) is 0.624. The van der Waals surface area contributed by atoms with Gasteiger partial charge in [0.2, 0.25) is 5.91 Å². The van der Waals surface area contributed by atoms with E-state index in [2.05, 4.69) is 37.4 Å². The lowest BCUT2D eigenvalue weighted by Crippen LogP contribution is -2.55. The molecule has 4 rings (SSSR count). The van der Waals surface area contributed by atoms with Crippen molar-refractivity contribution in [3.8, 4) is 0 Å². The number of carbonyl (C=O) groups excluding carboxylic acids is 2. The van der Waals surface area contributed by atoms with Gasteiger partial charge in [-0.25, -0.2) is 9.18 Å². The summed E-state index contributed by atoms with van der Waals surface area (Å²) in [4.78, 5) is 32.3. The molecule has 2 atom stereocenters. The highest BCUT2D eigenvalue weighted by Crippen LogP contribution is 2.32. The Morgan fingerprint density at radius 1 is 1.00 bits per heavy atom. The van der Waals surface area contributed by atoms with Crippen molar-refractivity contribution in [3.63, 3.8) is 0 Å². The SMILES string of the molecule is CCCCNC(=O)N1CC(C(=O)N2CCN(c3ccccc3F)CC2)CC(c2cccc(C)c2)C1. The van der Waals surface area contributed by atoms with Crippen molar-refractivity contribution >= 4 is 17.6 Å². The first-order valence-corrected chi connectivity index (χ1v) is 12.8. The molecule has 2 aromatic rings. The van der Waals surface area contributed by atoms with Crippen LogP contribution in [-0.4, -0.2) is 67.6 Å². The average molecular weight is 481 g/mol. The Morgan fingerprint density at radius 2 is 1.77 bits per heavy atom. The molecule has 0 aromatic heterocycles. The number of piperidine rings is 1. The van der Waals surface area contributed by atoms with Crippen molar-refractivity contribution in [2.45, 2.75) is 39.0 Å². The molecule has 0 aliphatic carbocycles. The molecule has 2 aliphatic heterocycles. The molecule has 2 unspecified atom stereocenters. The molecule has 6 nitrogen and oxygen atoms in total. The summed E-state index contributed by atoms with van der Waals surface area (Å²) in [5, 5.41) is 3.02. The van der Waals surface area contributed by atoms with E-state index in [4.69, 9.17) is 0 Å². The zero-order valence-electron chi connectivity index (χ0n) is 20.9. The van der Waals surface area contributed by atoms with Crippen LogP contribution in [0, 0.1) is 18.7 Å². The number of hydrogen-bond donors (Lipinski definition) is 1. The minimum Gasteiger partial charge on any atom is -0.366 e. The summed E-state index contributed by atoms with van der Waals surface area (Å²) in [6.07, 6.45) is 2.69. The van der Waals surface area contributed by atoms with Crippen LogP contribution < -0.4 is 10.2 Å². The monoisotopic (exact) mass is 480 g/mol. The third kappa shape index (κ3) is 6.13. The van der Waals surface area contributed by atoms with E-state index < -0.39 is 0 Å². The number of para-hydroxylation sites is 1. The van der Waals surface area contributed by atoms with E-state index >= 15 is 0 Å². The Labute approximate surface area is 208 Å². The smallest absolute Gasteiger partial charge is 0.317 e. The molecule has 1 N–H and O–H groups in total. The summed E-state index contributed by atoms with van der Waals surface area (Å²) >= 11 is 0. The molecule has 35 heavy (non-hydrogen) atoms. The fourth-order valence-electron chi connectivity index (χ4n) is 5.23. The number of benzene rings is 2. The van der Waals surface area contributed by atoms with Crippen molar-refractivity contribution < 1.29 is 14.0 Å². The lowest BCUT2D eigenvalue weighted by atomic mass is 9.83. The molecule has 0 radical (unpaired) electrons. The molecule has 0 spiro atoms. The van der Waals surface area contributed by atoms with Crippen LogP contribution in [0.4, 0.5) is 14.9 Å². The summed E-state index contributed by atoms with van der Waals surface area (Å²) in [5.41, 5.74) is 2.95. The average Bonchev–Trinajstić information content (AvgIpc) is 2.88. The van der Waals surface area contributed by atoms with Crippen LogP contribution in [0.5, 0.6) is 0 Å². The molecular formula is C28H37FN4O2. The number of amides is 3. The van der Waals surface area contributed by atoms with Gasteiger partial charge in [-0.2, -0.15) is 0 Å². The lowest BCUT2D eigenvalue weighted by molar-refractivity contribution is -0.137. The van der Waals surface area contributed by atoms with Gasteiger partial charge in [-0.05, 0) is 37.5 Å². The number of anilines is 1. The Bertz CT molecular complexity index is 1020. The van der Waals surface area contributed by atoms with E-state index in [-0.39, 0.29) is 29.6 Å². The van der Waals surface area contributed by atoms with Gasteiger partial charge in [0.1, 0.15) is 5.82 Å². The van der Waals surface area contributed by atoms with Gasteiger partial charge in [0.05, 0.1) is 11.6 Å². The number of carbonyl (C=O) groups is 2. The molecule has 2 saturated heterocycles. The van der Waals surface area contributed by atoms with E-state index in [9.17, 15) is 14.0 Å². The van der Waals surface area contributed by atoms with E-state index in [1.165, 1.54) is 17.2 Å². The molecule has 0 bridgehead atoms. The topological polar surface area (TPSA) is 55.9 Å². The van der Waals surface area contributed by atoms with Gasteiger partial charge in [0.25, 0.3) is 0 Å². The molecule has 7 heteroatoms. The van der Waals surface area contributed by atoms with Crippen molar-refractivity contribution in [1.82, 2.24) is 15.1 Å². The minimum absolute atomic E-state index is 0.0852. The van der Waals surface area contributed by atoms with Crippen LogP contribution in [0.15, 0.2) is 48.5 Å². The highest BCUT2D eigenvalue weighted by atomic mass is 19.1. The molecule has 0 saturated carbocycles. The molecule has 3 amide bonds. The first-order valence-electron chi connectivity index (χ1n) is 12.8. The van der Waals surface area contributed by atoms with E-state index in [0.717, 1.165) is 19.3 Å². The van der Waals surface area contributed by atoms with Crippen LogP contribution >= 0.6 is 0 Å². The Hall–Kier alpha value is -3.09. The maximum absolute atomic E-state index is 14.2. The number of halogens is 1. The third-order valence-corrected chi connectivity index (χ3v) is 7.19. The molecule has 2 fully saturated rings. The van der Waals surface area contributed by atoms with Gasteiger partial charge < -0.3 is 20.0 Å². The normalized spacial score (nSPS) is 20.6. The van der Waals surface area contributed by atoms with Crippen LogP contribution in [0.1, 0.15) is 43.2 Å². The maximum Gasteiger partial charge on any atom is 0.317 e. The van der Waals surface area contributed by atoms with E-state index in [1.807, 2.05) is 26.8 Å². The second-order valence-corrected chi connectivity index (χ2v) is 9.80. The zero-order chi connectivity index (χ0) is 24.8. The summed E-state index contributed by atoms with van der Waals surface area (Å²) in [6, 6.07) is 15.1. The highest BCUT2D eigenvalue weighted by molar-refractivity contribution is 5.81. The highest BCUT2D eigenvalue weighted by Gasteiger charge is 2.37. The summed E-state index contributed by atoms with van der Waals surface area (Å²) in [5.74, 6) is -0.257. The number of aryl methyl sites for hydroxylation is 1. The predicted octanol–water partition coefficient (Wildman–Crippen LogP) is 4.40. The van der Waals surface area contributed by atoms with Crippen molar-refractivity contribution in [2.75, 3.05) is 50.7 Å². The number of piperazine rings is 1. The van der Waals surface area contributed by atoms with Crippen LogP contribution in [0.3, 0.4) is 0 Å². The molecule has 2 aromatic carbocycles. The summed E-state index contributed by atoms with van der Waals surface area (Å²) < 4.78 is 14.2. The molecule has 2 aliphatic rings. The number of urea groups is 1. The van der Waals surface area contributed by atoms with Crippen LogP contribution in [0.25, 0.3) is 0 Å². The standard InChI is InChI=1S/C28H37FN4O2/c1-3-4-12-30-28(35)33-19-23(22-9-7-8-21(2)17-22)18-24(20-33)27(34)32-15-13-31(14-16-32)26-11-6-5-10-25(26)29/h5-11,17,23-24H,3-4,12-16,18-20H2,1-2H3,(H,30,35). The largest absolute Gasteiger partial charge is 0.366 e. The second kappa shape index (κ2) is 11.6. The minimum atomic E-state index is -0.244. The molecule has 188 valence electrons. The lowest BCUT2D eigenvalue weighted by Gasteiger charge is -2.41. The van der Waals surface area contributed by atoms with Gasteiger partial charge in [0.15, 0.2) is 0 Å². The van der Waals surface area contributed by atoms with Crippen LogP contribution in [0.2, 0.25) is 0 Å². The summed E-state index contributed by atoms with van der Waals surface area (Å²) in [6.45, 7) is 8.18. The molecule has 2 heterocycles. The first kappa shape index (κ1) is 25.0. The Kier molecular flexibility index (Phi) is 8.26. The molecular weight excluding hydrogens is 443 g/mol. The maximum atomic E-state index is 14.2. The van der Waals surface area contributed by atoms with Gasteiger partial charge in [0, 0.05) is 51.7 Å². The van der Waals surface area contributed by atoms with Gasteiger partial charge >= 0.3 is 6.03 Å². The van der Waals surface area contributed by atoms with E-state index in [1.54, 1.807) is 12.1 Å². The van der Waals surface area contributed by atoms with Crippen molar-refractivity contribution in [2.24, 2.45) is 5.92 Å². The number of likely N-dealkylation sites (tertiary alicyclic amines) is 1. The predicted molar refractivity (Wildman–Crippen MR) is 137 cm³/mol. The number of nitrogens with zero attached hydrogens (tertiary/aromatic N) is 3. The van der Waals surface area contributed by atoms with Gasteiger partial charge in [-0.1, -0.05) is 55.3 Å². The van der Waals surface area contributed by atoms with E-state index in [0.29, 0.717) is 51.5 Å². The van der Waals surface area contributed by atoms with Gasteiger partial charge in [-0.15, -0.1) is 0 Å². The summed E-state index contributed by atoms with van der Waals surface area (Å²) in [7, 11) is 0. The van der Waals surface area contributed by atoms with Gasteiger partial charge in [-0.3, -0.25) is 4.79 Å². The number of rotatable bonds is 6. The fourth-order valence-corrected chi connectivity index (χ4v) is 5.23. The first-order chi connectivity index (χ1) is 17.0. The number of hydrogen-bond acceptors (Lipinski definition) is 3. The number of nitrogens with one attached hydrogen (secondary N) is 1. The van der Waals surface area contributed by atoms with Crippen LogP contribution in [-0.2, 0) is 4.79 Å². The van der Waals surface area contributed by atoms with Crippen molar-refractivity contribution in [1.29, 1.82) is 0 Å². The van der Waals surface area contributed by atoms with Crippen molar-refractivity contribution in [3.05, 3.63) is 65.5 Å². The number of unbranched alkanes of at least 4 members (excludes halogenated alkanes) is 1. The second-order valence-electron chi connectivity index (χ2n) is 9.80. The Morgan fingerprint density at radius 3 is 2.49 bits per heavy atom. The third-order valence-electron chi connectivity index (χ3n) is 7.19.